The molecule has 11 heteroatoms. The van der Waals surface area contributed by atoms with Crippen LogP contribution < -0.4 is 20.4 Å². The summed E-state index contributed by atoms with van der Waals surface area (Å²) in [4.78, 5) is 26.1. The van der Waals surface area contributed by atoms with Crippen molar-refractivity contribution >= 4 is 18.6 Å². The molecule has 2 fully saturated rings. The Hall–Kier alpha value is -2.34. The number of carbonyl (C=O) groups is 2. The van der Waals surface area contributed by atoms with Crippen molar-refractivity contribution in [3.05, 3.63) is 23.3 Å². The zero-order valence-electron chi connectivity index (χ0n) is 16.6. The Morgan fingerprint density at radius 3 is 2.63 bits per heavy atom. The number of nitrogens with one attached hydrogen (secondary N) is 1. The predicted molar refractivity (Wildman–Crippen MR) is 107 cm³/mol. The highest BCUT2D eigenvalue weighted by molar-refractivity contribution is 6.59. The molecule has 6 N–H and O–H groups in total. The zero-order valence-corrected chi connectivity index (χ0v) is 16.6. The zero-order chi connectivity index (χ0) is 21.5. The summed E-state index contributed by atoms with van der Waals surface area (Å²) in [5.41, 5.74) is 6.51. The van der Waals surface area contributed by atoms with E-state index in [1.54, 1.807) is 17.0 Å². The number of nitrogens with zero attached hydrogens (tertiary/aromatic N) is 1. The Morgan fingerprint density at radius 2 is 1.97 bits per heavy atom. The third-order valence-electron chi connectivity index (χ3n) is 6.14. The molecule has 4 rings (SSSR count). The topological polar surface area (TPSA) is 155 Å². The first kappa shape index (κ1) is 20.9. The van der Waals surface area contributed by atoms with Crippen molar-refractivity contribution < 1.29 is 34.1 Å². The molecule has 1 aromatic carbocycles. The number of ether oxygens (including phenoxy) is 1. The lowest BCUT2D eigenvalue weighted by Gasteiger charge is -2.42. The molecule has 30 heavy (non-hydrogen) atoms. The number of aromatic carboxylic acids is 1. The minimum Gasteiger partial charge on any atom is -0.669 e. The summed E-state index contributed by atoms with van der Waals surface area (Å²) in [6, 6.07) is 2.67. The molecule has 0 aliphatic carbocycles. The number of benzene rings is 1. The van der Waals surface area contributed by atoms with Gasteiger partial charge in [0.15, 0.2) is 0 Å². The largest absolute Gasteiger partial charge is 0.669 e. The number of carboxylic acid groups (broad SMARTS) is 1. The second kappa shape index (κ2) is 8.07. The van der Waals surface area contributed by atoms with Crippen molar-refractivity contribution in [1.82, 2.24) is 10.2 Å². The van der Waals surface area contributed by atoms with Crippen molar-refractivity contribution in [1.29, 1.82) is 0 Å². The molecule has 2 saturated heterocycles. The highest BCUT2D eigenvalue weighted by atomic mass is 16.6. The molecule has 0 bridgehead atoms. The van der Waals surface area contributed by atoms with Gasteiger partial charge < -0.3 is 40.5 Å². The summed E-state index contributed by atoms with van der Waals surface area (Å²) in [5, 5.41) is 32.5. The highest BCUT2D eigenvalue weighted by Gasteiger charge is 2.39. The quantitative estimate of drug-likeness (QED) is 0.384. The highest BCUT2D eigenvalue weighted by Crippen LogP contribution is 2.39. The van der Waals surface area contributed by atoms with E-state index in [1.807, 2.05) is 0 Å². The average molecular weight is 420 g/mol. The Kier molecular flexibility index (Phi) is 5.62. The lowest BCUT2D eigenvalue weighted by Crippen LogP contribution is -2.61. The van der Waals surface area contributed by atoms with Gasteiger partial charge in [-0.2, -0.15) is 0 Å². The van der Waals surface area contributed by atoms with E-state index in [0.29, 0.717) is 25.1 Å². The summed E-state index contributed by atoms with van der Waals surface area (Å²) in [6.45, 7) is -0.728. The van der Waals surface area contributed by atoms with E-state index in [9.17, 15) is 24.7 Å². The van der Waals surface area contributed by atoms with Gasteiger partial charge in [-0.05, 0) is 49.9 Å². The molecule has 3 aliphatic rings. The van der Waals surface area contributed by atoms with Gasteiger partial charge in [0.1, 0.15) is 17.4 Å². The van der Waals surface area contributed by atoms with E-state index in [-0.39, 0.29) is 41.3 Å². The van der Waals surface area contributed by atoms with E-state index in [0.717, 1.165) is 25.9 Å². The number of nitrogens with two attached hydrogens (primary N) is 1. The van der Waals surface area contributed by atoms with Crippen LogP contribution in [0.1, 0.15) is 28.8 Å². The maximum Gasteiger partial charge on any atom is 0.430 e. The normalized spacial score (nSPS) is 22.4. The fourth-order valence-corrected chi connectivity index (χ4v) is 4.32. The van der Waals surface area contributed by atoms with Crippen LogP contribution in [0.4, 0.5) is 0 Å². The number of piperidine rings is 1. The van der Waals surface area contributed by atoms with Crippen LogP contribution in [0.25, 0.3) is 0 Å². The summed E-state index contributed by atoms with van der Waals surface area (Å²) >= 11 is 0. The number of carbonyl (C=O) groups excluding carboxylic acids is 1. The van der Waals surface area contributed by atoms with E-state index >= 15 is 0 Å². The molecule has 10 nitrogen and oxygen atoms in total. The lowest BCUT2D eigenvalue weighted by atomic mass is 9.70. The summed E-state index contributed by atoms with van der Waals surface area (Å²) in [6.07, 6.45) is 1.67. The van der Waals surface area contributed by atoms with Gasteiger partial charge in [-0.25, -0.2) is 4.79 Å². The molecular weight excluding hydrogens is 393 g/mol. The van der Waals surface area contributed by atoms with E-state index in [4.69, 9.17) is 15.1 Å². The first-order valence-electron chi connectivity index (χ1n) is 10.4. The first-order chi connectivity index (χ1) is 14.2. The first-order valence-corrected chi connectivity index (χ1v) is 10.4. The minimum atomic E-state index is -3.09. The van der Waals surface area contributed by atoms with Crippen LogP contribution in [0.15, 0.2) is 12.1 Å². The number of rotatable bonds is 5. The second-order valence-corrected chi connectivity index (χ2v) is 8.34. The number of likely N-dealkylation sites (tertiary alicyclic amines) is 1. The maximum absolute atomic E-state index is 12.6. The maximum atomic E-state index is 12.6. The molecular formula is C19H27BN3O7-. The molecule has 3 heterocycles. The summed E-state index contributed by atoms with van der Waals surface area (Å²) < 4.78 is 11.0. The summed E-state index contributed by atoms with van der Waals surface area (Å²) in [5.74, 6) is -1.22. The Bertz CT molecular complexity index is 838. The molecule has 1 aromatic rings. The number of hydrogen-bond acceptors (Lipinski definition) is 8. The van der Waals surface area contributed by atoms with Crippen LogP contribution in [0.3, 0.4) is 0 Å². The van der Waals surface area contributed by atoms with Crippen molar-refractivity contribution in [3.8, 4) is 11.5 Å². The number of aryl methyl sites for hydroxylation is 1. The van der Waals surface area contributed by atoms with Crippen LogP contribution >= 0.6 is 0 Å². The van der Waals surface area contributed by atoms with Gasteiger partial charge >= 0.3 is 12.7 Å². The van der Waals surface area contributed by atoms with Gasteiger partial charge in [0.05, 0.1) is 24.9 Å². The molecule has 0 radical (unpaired) electrons. The molecule has 0 saturated carbocycles. The van der Waals surface area contributed by atoms with Crippen LogP contribution in [0.2, 0.25) is 6.32 Å². The smallest absolute Gasteiger partial charge is 0.430 e. The van der Waals surface area contributed by atoms with E-state index in [2.05, 4.69) is 5.32 Å². The van der Waals surface area contributed by atoms with Gasteiger partial charge in [0.25, 0.3) is 0 Å². The van der Waals surface area contributed by atoms with Gasteiger partial charge in [-0.1, -0.05) is 12.4 Å². The van der Waals surface area contributed by atoms with E-state index < -0.39 is 18.8 Å². The van der Waals surface area contributed by atoms with Crippen LogP contribution in [0, 0.1) is 5.92 Å². The monoisotopic (exact) mass is 420 g/mol. The SMILES string of the molecule is NC(C(=O)N1CC(Oc2ccc3c(c2C(=O)O)O[B-](O)(O)CC3)C1)C1CCNCC1. The second-order valence-electron chi connectivity index (χ2n) is 8.34. The standard InChI is InChI=1S/C19H27BN3O7/c21-16(11-4-7-22-8-5-11)18(24)23-9-13(10-23)29-14-2-1-12-3-6-20(27,28)30-17(12)15(14)19(25)26/h1-2,11,13,16,22,27-28H,3-10,21H2,(H,25,26)/q-1. The predicted octanol–water partition coefficient (Wildman–Crippen LogP) is -0.840. The average Bonchev–Trinajstić information content (AvgIpc) is 2.68. The van der Waals surface area contributed by atoms with Crippen LogP contribution in [-0.4, -0.2) is 77.0 Å². The van der Waals surface area contributed by atoms with Crippen molar-refractivity contribution in [3.63, 3.8) is 0 Å². The van der Waals surface area contributed by atoms with Crippen LogP contribution in [0.5, 0.6) is 11.5 Å². The Labute approximate surface area is 174 Å². The Balaban J connectivity index is 1.41. The lowest BCUT2D eigenvalue weighted by molar-refractivity contribution is -0.143. The van der Waals surface area contributed by atoms with Gasteiger partial charge in [-0.3, -0.25) is 4.79 Å². The summed E-state index contributed by atoms with van der Waals surface area (Å²) in [7, 11) is 0. The van der Waals surface area contributed by atoms with Crippen LogP contribution in [-0.2, 0) is 11.2 Å². The van der Waals surface area contributed by atoms with Crippen molar-refractivity contribution in [2.45, 2.75) is 37.7 Å². The fourth-order valence-electron chi connectivity index (χ4n) is 4.32. The molecule has 0 spiro atoms. The Morgan fingerprint density at radius 1 is 1.27 bits per heavy atom. The molecule has 1 unspecified atom stereocenters. The number of carboxylic acids is 1. The fraction of sp³-hybridized carbons (Fsp3) is 0.579. The van der Waals surface area contributed by atoms with Crippen molar-refractivity contribution in [2.75, 3.05) is 26.2 Å². The number of hydrogen-bond donors (Lipinski definition) is 5. The number of fused-ring (bicyclic) bond motifs is 1. The van der Waals surface area contributed by atoms with Gasteiger partial charge in [0.2, 0.25) is 5.91 Å². The van der Waals surface area contributed by atoms with Gasteiger partial charge in [-0.15, -0.1) is 0 Å². The molecule has 164 valence electrons. The molecule has 3 aliphatic heterocycles. The molecule has 1 atom stereocenters. The minimum absolute atomic E-state index is 0.00325. The third kappa shape index (κ3) is 4.11. The van der Waals surface area contributed by atoms with E-state index in [1.165, 1.54) is 0 Å². The third-order valence-corrected chi connectivity index (χ3v) is 6.14. The molecule has 0 aromatic heterocycles. The van der Waals surface area contributed by atoms with Crippen molar-refractivity contribution in [2.24, 2.45) is 11.7 Å². The van der Waals surface area contributed by atoms with Gasteiger partial charge in [0, 0.05) is 0 Å². The number of amides is 1. The molecule has 1 amide bonds.